The molecule has 3 rings (SSSR count). The van der Waals surface area contributed by atoms with E-state index in [1.165, 1.54) is 4.31 Å². The fraction of sp³-hybridized carbons (Fsp3) is 0.533. The van der Waals surface area contributed by atoms with E-state index in [4.69, 9.17) is 16.3 Å². The van der Waals surface area contributed by atoms with Crippen molar-refractivity contribution in [3.05, 3.63) is 34.9 Å². The number of carbonyl (C=O) groups is 1. The van der Waals surface area contributed by atoms with Gasteiger partial charge in [0.05, 0.1) is 18.3 Å². The first-order valence-corrected chi connectivity index (χ1v) is 9.59. The van der Waals surface area contributed by atoms with E-state index in [-0.39, 0.29) is 30.5 Å². The van der Waals surface area contributed by atoms with Gasteiger partial charge in [-0.15, -0.1) is 0 Å². The Balaban J connectivity index is 1.67. The van der Waals surface area contributed by atoms with E-state index in [9.17, 15) is 13.2 Å². The maximum atomic E-state index is 12.0. The van der Waals surface area contributed by atoms with Crippen molar-refractivity contribution in [2.24, 2.45) is 0 Å². The number of ether oxygens (including phenoxy) is 1. The molecule has 0 aliphatic carbocycles. The van der Waals surface area contributed by atoms with Crippen molar-refractivity contribution in [1.82, 2.24) is 9.21 Å². The molecule has 23 heavy (non-hydrogen) atoms. The number of rotatable bonds is 5. The number of benzene rings is 1. The zero-order chi connectivity index (χ0) is 16.6. The average molecular weight is 359 g/mol. The highest BCUT2D eigenvalue weighted by atomic mass is 35.5. The van der Waals surface area contributed by atoms with Gasteiger partial charge in [-0.05, 0) is 31.0 Å². The maximum absolute atomic E-state index is 12.0. The molecule has 1 aromatic rings. The van der Waals surface area contributed by atoms with Crippen molar-refractivity contribution in [3.8, 4) is 0 Å². The van der Waals surface area contributed by atoms with Gasteiger partial charge in [-0.3, -0.25) is 4.90 Å². The van der Waals surface area contributed by atoms with Crippen molar-refractivity contribution in [2.45, 2.75) is 25.5 Å². The second-order valence-electron chi connectivity index (χ2n) is 5.78. The van der Waals surface area contributed by atoms with E-state index >= 15 is 0 Å². The molecule has 0 aromatic heterocycles. The normalized spacial score (nSPS) is 24.8. The Morgan fingerprint density at radius 1 is 1.35 bits per heavy atom. The second kappa shape index (κ2) is 6.30. The van der Waals surface area contributed by atoms with Crippen LogP contribution in [0, 0.1) is 0 Å². The van der Waals surface area contributed by atoms with E-state index < -0.39 is 10.0 Å². The van der Waals surface area contributed by atoms with Crippen LogP contribution in [0.5, 0.6) is 0 Å². The number of sulfonamides is 1. The number of nitrogens with zero attached hydrogens (tertiary/aromatic N) is 2. The number of hydrogen-bond donors (Lipinski definition) is 0. The topological polar surface area (TPSA) is 66.9 Å². The molecule has 8 heteroatoms. The maximum Gasteiger partial charge on any atom is 0.410 e. The third-order valence-electron chi connectivity index (χ3n) is 4.38. The number of amides is 1. The van der Waals surface area contributed by atoms with Gasteiger partial charge < -0.3 is 4.74 Å². The molecule has 2 atom stereocenters. The van der Waals surface area contributed by atoms with Crippen molar-refractivity contribution in [1.29, 1.82) is 0 Å². The molecule has 0 spiro atoms. The second-order valence-corrected chi connectivity index (χ2v) is 8.47. The number of fused-ring (bicyclic) bond motifs is 1. The highest BCUT2D eigenvalue weighted by Gasteiger charge is 2.49. The largest absolute Gasteiger partial charge is 0.442 e. The van der Waals surface area contributed by atoms with Crippen LogP contribution in [0.3, 0.4) is 0 Å². The lowest BCUT2D eigenvalue weighted by Crippen LogP contribution is -2.40. The highest BCUT2D eigenvalue weighted by molar-refractivity contribution is 7.89. The van der Waals surface area contributed by atoms with Crippen molar-refractivity contribution in [2.75, 3.05) is 25.4 Å². The van der Waals surface area contributed by atoms with E-state index in [0.29, 0.717) is 24.5 Å². The summed E-state index contributed by atoms with van der Waals surface area (Å²) in [4.78, 5) is 13.6. The third kappa shape index (κ3) is 3.32. The fourth-order valence-corrected chi connectivity index (χ4v) is 4.41. The van der Waals surface area contributed by atoms with Gasteiger partial charge in [0, 0.05) is 18.1 Å². The standard InChI is InChI=1S/C15H19ClN2O4S/c1-2-23(20,21)17-9-13-14(10-17)22-15(19)18(13)7-6-11-4-3-5-12(16)8-11/h3-5,8,13-14H,2,6-7,9-10H2,1H3/t13-,14+/m0/s1. The van der Waals surface area contributed by atoms with Gasteiger partial charge in [0.15, 0.2) is 0 Å². The third-order valence-corrected chi connectivity index (χ3v) is 6.43. The Hall–Kier alpha value is -1.31. The summed E-state index contributed by atoms with van der Waals surface area (Å²) in [6.07, 6.45) is -0.0851. The minimum absolute atomic E-state index is 0.0584. The van der Waals surface area contributed by atoms with E-state index in [0.717, 1.165) is 5.56 Å². The zero-order valence-corrected chi connectivity index (χ0v) is 14.4. The minimum atomic E-state index is -3.26. The van der Waals surface area contributed by atoms with Crippen LogP contribution >= 0.6 is 11.6 Å². The summed E-state index contributed by atoms with van der Waals surface area (Å²) in [6.45, 7) is 2.66. The quantitative estimate of drug-likeness (QED) is 0.804. The first-order chi connectivity index (χ1) is 10.9. The molecule has 1 amide bonds. The van der Waals surface area contributed by atoms with Gasteiger partial charge in [-0.2, -0.15) is 4.31 Å². The number of carbonyl (C=O) groups excluding carboxylic acids is 1. The number of hydrogen-bond acceptors (Lipinski definition) is 4. The lowest BCUT2D eigenvalue weighted by molar-refractivity contribution is 0.129. The van der Waals surface area contributed by atoms with E-state index in [1.807, 2.05) is 18.2 Å². The summed E-state index contributed by atoms with van der Waals surface area (Å²) < 4.78 is 30.7. The first kappa shape index (κ1) is 16.5. The highest BCUT2D eigenvalue weighted by Crippen LogP contribution is 2.29. The van der Waals surface area contributed by atoms with Crippen LogP contribution in [0.4, 0.5) is 4.79 Å². The summed E-state index contributed by atoms with van der Waals surface area (Å²) in [7, 11) is -3.26. The van der Waals surface area contributed by atoms with E-state index in [1.54, 1.807) is 17.9 Å². The van der Waals surface area contributed by atoms with E-state index in [2.05, 4.69) is 0 Å². The van der Waals surface area contributed by atoms with Crippen LogP contribution in [0.1, 0.15) is 12.5 Å². The summed E-state index contributed by atoms with van der Waals surface area (Å²) in [5.74, 6) is 0.0584. The van der Waals surface area contributed by atoms with Crippen LogP contribution in [0.25, 0.3) is 0 Å². The molecule has 2 aliphatic heterocycles. The van der Waals surface area contributed by atoms with Crippen LogP contribution in [0.15, 0.2) is 24.3 Å². The molecular formula is C15H19ClN2O4S. The molecular weight excluding hydrogens is 340 g/mol. The van der Waals surface area contributed by atoms with Gasteiger partial charge in [0.1, 0.15) is 6.10 Å². The molecule has 0 saturated carbocycles. The van der Waals surface area contributed by atoms with Gasteiger partial charge >= 0.3 is 6.09 Å². The summed E-state index contributed by atoms with van der Waals surface area (Å²) in [6, 6.07) is 7.28. The van der Waals surface area contributed by atoms with Gasteiger partial charge in [0.25, 0.3) is 0 Å². The minimum Gasteiger partial charge on any atom is -0.442 e. The molecule has 0 unspecified atom stereocenters. The molecule has 0 radical (unpaired) electrons. The lowest BCUT2D eigenvalue weighted by atomic mass is 10.1. The Kier molecular flexibility index (Phi) is 4.53. The average Bonchev–Trinajstić information content (AvgIpc) is 3.03. The summed E-state index contributed by atoms with van der Waals surface area (Å²) in [5.41, 5.74) is 1.03. The molecule has 2 fully saturated rings. The predicted molar refractivity (Wildman–Crippen MR) is 87.0 cm³/mol. The lowest BCUT2D eigenvalue weighted by Gasteiger charge is -2.22. The molecule has 1 aromatic carbocycles. The molecule has 2 aliphatic rings. The Morgan fingerprint density at radius 2 is 2.13 bits per heavy atom. The van der Waals surface area contributed by atoms with Crippen LogP contribution in [-0.4, -0.2) is 61.2 Å². The summed E-state index contributed by atoms with van der Waals surface area (Å²) in [5, 5.41) is 0.658. The smallest absolute Gasteiger partial charge is 0.410 e. The molecule has 2 saturated heterocycles. The molecule has 126 valence electrons. The zero-order valence-electron chi connectivity index (χ0n) is 12.8. The summed E-state index contributed by atoms with van der Waals surface area (Å²) >= 11 is 5.96. The van der Waals surface area contributed by atoms with Crippen molar-refractivity contribution in [3.63, 3.8) is 0 Å². The molecule has 0 N–H and O–H groups in total. The van der Waals surface area contributed by atoms with Crippen LogP contribution in [-0.2, 0) is 21.2 Å². The monoisotopic (exact) mass is 358 g/mol. The SMILES string of the molecule is CCS(=O)(=O)N1C[C@H]2OC(=O)N(CCc3cccc(Cl)c3)[C@H]2C1. The van der Waals surface area contributed by atoms with Crippen molar-refractivity contribution >= 4 is 27.7 Å². The van der Waals surface area contributed by atoms with Gasteiger partial charge in [0.2, 0.25) is 10.0 Å². The molecule has 0 bridgehead atoms. The number of halogens is 1. The van der Waals surface area contributed by atoms with Crippen molar-refractivity contribution < 1.29 is 17.9 Å². The Bertz CT molecular complexity index is 709. The van der Waals surface area contributed by atoms with Gasteiger partial charge in [-0.25, -0.2) is 13.2 Å². The van der Waals surface area contributed by atoms with Crippen LogP contribution < -0.4 is 0 Å². The van der Waals surface area contributed by atoms with Gasteiger partial charge in [-0.1, -0.05) is 23.7 Å². The Labute approximate surface area is 141 Å². The predicted octanol–water partition coefficient (Wildman–Crippen LogP) is 1.74. The molecule has 2 heterocycles. The first-order valence-electron chi connectivity index (χ1n) is 7.60. The fourth-order valence-electron chi connectivity index (χ4n) is 3.08. The Morgan fingerprint density at radius 3 is 2.83 bits per heavy atom. The van der Waals surface area contributed by atoms with Crippen LogP contribution in [0.2, 0.25) is 5.02 Å². The molecule has 6 nitrogen and oxygen atoms in total.